The smallest absolute Gasteiger partial charge is 0.325 e. The van der Waals surface area contributed by atoms with Crippen LogP contribution in [0.2, 0.25) is 0 Å². The van der Waals surface area contributed by atoms with Gasteiger partial charge in [0.15, 0.2) is 0 Å². The van der Waals surface area contributed by atoms with Crippen LogP contribution in [0.3, 0.4) is 0 Å². The Kier molecular flexibility index (Phi) is 5.55. The van der Waals surface area contributed by atoms with Crippen LogP contribution in [0, 0.1) is 5.82 Å². The van der Waals surface area contributed by atoms with Gasteiger partial charge >= 0.3 is 5.97 Å². The zero-order chi connectivity index (χ0) is 13.7. The Morgan fingerprint density at radius 3 is 2.78 bits per heavy atom. The van der Waals surface area contributed by atoms with E-state index in [0.29, 0.717) is 4.47 Å². The normalized spacial score (nSPS) is 11.8. The summed E-state index contributed by atoms with van der Waals surface area (Å²) in [6, 6.07) is 3.67. The van der Waals surface area contributed by atoms with Gasteiger partial charge in [-0.2, -0.15) is 0 Å². The van der Waals surface area contributed by atoms with Gasteiger partial charge in [-0.05, 0) is 34.1 Å². The summed E-state index contributed by atoms with van der Waals surface area (Å²) in [7, 11) is 1.20. The maximum absolute atomic E-state index is 12.8. The fourth-order valence-corrected chi connectivity index (χ4v) is 1.86. The highest BCUT2D eigenvalue weighted by Crippen LogP contribution is 2.17. The first-order valence-electron chi connectivity index (χ1n) is 4.91. The Morgan fingerprint density at radius 1 is 1.56 bits per heavy atom. The molecule has 1 unspecified atom stereocenters. The minimum absolute atomic E-state index is 0.0725. The zero-order valence-electron chi connectivity index (χ0n) is 9.38. The van der Waals surface area contributed by atoms with Crippen LogP contribution < -0.4 is 5.32 Å². The topological polar surface area (TPSA) is 55.4 Å². The molecular weight excluding hydrogens is 328 g/mol. The van der Waals surface area contributed by atoms with Gasteiger partial charge in [-0.1, -0.05) is 0 Å². The van der Waals surface area contributed by atoms with Gasteiger partial charge in [0.2, 0.25) is 0 Å². The van der Waals surface area contributed by atoms with Crippen LogP contribution in [0.25, 0.3) is 0 Å². The van der Waals surface area contributed by atoms with Crippen molar-refractivity contribution in [3.63, 3.8) is 0 Å². The van der Waals surface area contributed by atoms with E-state index < -0.39 is 23.1 Å². The average Bonchev–Trinajstić information content (AvgIpc) is 2.34. The fraction of sp³-hybridized carbons (Fsp3) is 0.273. The van der Waals surface area contributed by atoms with Crippen LogP contribution in [-0.4, -0.2) is 30.9 Å². The predicted molar refractivity (Wildman–Crippen MR) is 68.1 cm³/mol. The quantitative estimate of drug-likeness (QED) is 0.676. The Hall–Kier alpha value is -1.14. The van der Waals surface area contributed by atoms with Crippen molar-refractivity contribution in [2.75, 3.05) is 13.7 Å². The summed E-state index contributed by atoms with van der Waals surface area (Å²) in [5.74, 6) is -1.55. The lowest BCUT2D eigenvalue weighted by molar-refractivity contribution is -0.140. The minimum atomic E-state index is -0.960. The molecule has 98 valence electrons. The van der Waals surface area contributed by atoms with Crippen LogP contribution in [0.5, 0.6) is 0 Å². The first-order chi connectivity index (χ1) is 8.45. The van der Waals surface area contributed by atoms with Crippen LogP contribution in [0.4, 0.5) is 4.39 Å². The van der Waals surface area contributed by atoms with Gasteiger partial charge in [0.05, 0.1) is 12.7 Å². The number of benzene rings is 1. The highest BCUT2D eigenvalue weighted by Gasteiger charge is 2.18. The van der Waals surface area contributed by atoms with Crippen molar-refractivity contribution in [3.8, 4) is 0 Å². The zero-order valence-corrected chi connectivity index (χ0v) is 11.7. The van der Waals surface area contributed by atoms with Crippen molar-refractivity contribution in [3.05, 3.63) is 34.1 Å². The molecule has 0 spiro atoms. The maximum atomic E-state index is 12.8. The Balaban J connectivity index is 2.63. The molecule has 1 amide bonds. The number of esters is 1. The molecule has 0 heterocycles. The van der Waals surface area contributed by atoms with E-state index in [4.69, 9.17) is 11.6 Å². The predicted octanol–water partition coefficient (Wildman–Crippen LogP) is 2.10. The summed E-state index contributed by atoms with van der Waals surface area (Å²) in [5, 5.41) is 1.49. The third kappa shape index (κ3) is 3.96. The van der Waals surface area contributed by atoms with E-state index >= 15 is 0 Å². The van der Waals surface area contributed by atoms with Crippen molar-refractivity contribution < 1.29 is 18.7 Å². The number of amides is 1. The van der Waals surface area contributed by atoms with E-state index in [-0.39, 0.29) is 12.1 Å². The number of nitrogens with one attached hydrogen (secondary N) is 1. The molecule has 4 nitrogen and oxygen atoms in total. The largest absolute Gasteiger partial charge is 0.468 e. The Bertz CT molecular complexity index is 470. The molecule has 0 aliphatic heterocycles. The third-order valence-electron chi connectivity index (χ3n) is 2.07. The first kappa shape index (κ1) is 14.9. The van der Waals surface area contributed by atoms with E-state index in [1.54, 1.807) is 0 Å². The monoisotopic (exact) mass is 337 g/mol. The van der Waals surface area contributed by atoms with E-state index in [1.807, 2.05) is 0 Å². The van der Waals surface area contributed by atoms with Crippen LogP contribution in [-0.2, 0) is 9.53 Å². The van der Waals surface area contributed by atoms with Gasteiger partial charge in [-0.15, -0.1) is 11.6 Å². The number of carbonyl (C=O) groups is 2. The molecule has 1 rings (SSSR count). The first-order valence-corrected chi connectivity index (χ1v) is 6.13. The highest BCUT2D eigenvalue weighted by atomic mass is 79.9. The molecule has 1 aromatic rings. The van der Waals surface area contributed by atoms with Crippen molar-refractivity contribution in [1.82, 2.24) is 5.32 Å². The number of methoxy groups -OCH3 is 1. The molecular formula is C11H10BrClFNO3. The van der Waals surface area contributed by atoms with Gasteiger partial charge in [0.1, 0.15) is 11.2 Å². The second-order valence-corrected chi connectivity index (χ2v) is 4.71. The molecule has 0 aliphatic rings. The molecule has 0 aliphatic carbocycles. The van der Waals surface area contributed by atoms with Crippen LogP contribution in [0.15, 0.2) is 22.7 Å². The number of ether oxygens (including phenoxy) is 1. The summed E-state index contributed by atoms with van der Waals surface area (Å²) in [6.07, 6.45) is 0. The van der Waals surface area contributed by atoms with Gasteiger partial charge in [-0.3, -0.25) is 9.59 Å². The summed E-state index contributed by atoms with van der Waals surface area (Å²) in [4.78, 5) is 22.7. The molecule has 0 saturated heterocycles. The van der Waals surface area contributed by atoms with E-state index in [1.165, 1.54) is 19.2 Å². The lowest BCUT2D eigenvalue weighted by Gasteiger charge is -2.09. The molecule has 0 fully saturated rings. The third-order valence-corrected chi connectivity index (χ3v) is 3.06. The maximum Gasteiger partial charge on any atom is 0.325 e. The highest BCUT2D eigenvalue weighted by molar-refractivity contribution is 9.10. The van der Waals surface area contributed by atoms with Gasteiger partial charge in [-0.25, -0.2) is 4.39 Å². The molecule has 0 radical (unpaired) electrons. The van der Waals surface area contributed by atoms with Crippen molar-refractivity contribution in [2.45, 2.75) is 5.38 Å². The molecule has 0 saturated carbocycles. The number of hydrogen-bond donors (Lipinski definition) is 1. The summed E-state index contributed by atoms with van der Waals surface area (Å²) < 4.78 is 17.6. The molecule has 0 bridgehead atoms. The molecule has 0 aromatic heterocycles. The minimum Gasteiger partial charge on any atom is -0.468 e. The summed E-state index contributed by atoms with van der Waals surface area (Å²) in [5.41, 5.74) is 0.255. The van der Waals surface area contributed by atoms with E-state index in [9.17, 15) is 14.0 Å². The summed E-state index contributed by atoms with van der Waals surface area (Å²) >= 11 is 8.74. The lowest BCUT2D eigenvalue weighted by atomic mass is 10.2. The number of alkyl halides is 1. The Morgan fingerprint density at radius 2 is 2.22 bits per heavy atom. The van der Waals surface area contributed by atoms with E-state index in [2.05, 4.69) is 26.0 Å². The molecule has 18 heavy (non-hydrogen) atoms. The summed E-state index contributed by atoms with van der Waals surface area (Å²) in [6.45, 7) is -0.0725. The Labute approximate surface area is 117 Å². The molecule has 7 heteroatoms. The molecule has 1 aromatic carbocycles. The van der Waals surface area contributed by atoms with Crippen molar-refractivity contribution in [2.24, 2.45) is 0 Å². The molecule has 1 atom stereocenters. The van der Waals surface area contributed by atoms with Gasteiger partial charge < -0.3 is 10.1 Å². The second kappa shape index (κ2) is 6.70. The van der Waals surface area contributed by atoms with Crippen molar-refractivity contribution in [1.29, 1.82) is 0 Å². The second-order valence-electron chi connectivity index (χ2n) is 3.32. The standard InChI is InChI=1S/C11H10BrClFNO3/c1-18-11(17)9(13)5-15-10(16)7-3-2-6(14)4-8(7)12/h2-4,9H,5H2,1H3,(H,15,16). The van der Waals surface area contributed by atoms with Crippen molar-refractivity contribution >= 4 is 39.4 Å². The number of hydrogen-bond acceptors (Lipinski definition) is 3. The van der Waals surface area contributed by atoms with Gasteiger partial charge in [0, 0.05) is 11.0 Å². The molecule has 1 N–H and O–H groups in total. The van der Waals surface area contributed by atoms with Crippen LogP contribution in [0.1, 0.15) is 10.4 Å². The van der Waals surface area contributed by atoms with E-state index in [0.717, 1.165) is 6.07 Å². The fourth-order valence-electron chi connectivity index (χ4n) is 1.16. The average molecular weight is 339 g/mol. The van der Waals surface area contributed by atoms with Gasteiger partial charge in [0.25, 0.3) is 5.91 Å². The SMILES string of the molecule is COC(=O)C(Cl)CNC(=O)c1ccc(F)cc1Br. The number of rotatable bonds is 4. The lowest BCUT2D eigenvalue weighted by Crippen LogP contribution is -2.34. The van der Waals surface area contributed by atoms with Crippen LogP contribution >= 0.6 is 27.5 Å². The number of halogens is 3. The number of carbonyl (C=O) groups excluding carboxylic acids is 2.